The maximum atomic E-state index is 12.6. The van der Waals surface area contributed by atoms with Crippen LogP contribution >= 0.6 is 0 Å². The molecule has 0 saturated carbocycles. The minimum Gasteiger partial charge on any atom is -0.405 e. The van der Waals surface area contributed by atoms with E-state index >= 15 is 0 Å². The number of imidazole rings is 1. The van der Waals surface area contributed by atoms with Crippen LogP contribution in [0.15, 0.2) is 72.0 Å². The van der Waals surface area contributed by atoms with Gasteiger partial charge >= 0.3 is 6.36 Å². The van der Waals surface area contributed by atoms with Gasteiger partial charge in [0, 0.05) is 38.1 Å². The van der Waals surface area contributed by atoms with Gasteiger partial charge < -0.3 is 19.9 Å². The molecule has 9 heteroatoms. The molecule has 3 aromatic rings. The van der Waals surface area contributed by atoms with Crippen LogP contribution in [0.5, 0.6) is 5.75 Å². The molecule has 0 radical (unpaired) electrons. The predicted octanol–water partition coefficient (Wildman–Crippen LogP) is 3.70. The Bertz CT molecular complexity index is 970. The van der Waals surface area contributed by atoms with Crippen molar-refractivity contribution < 1.29 is 17.9 Å². The van der Waals surface area contributed by atoms with Crippen molar-refractivity contribution in [2.24, 2.45) is 4.99 Å². The predicted molar refractivity (Wildman–Crippen MR) is 108 cm³/mol. The molecule has 0 atom stereocenters. The SMILES string of the molecule is CN=C(NCc1ccccc1OC(F)(F)F)NCc1nccn1Cc1ccccc1. The lowest BCUT2D eigenvalue weighted by atomic mass is 10.2. The molecule has 0 unspecified atom stereocenters. The van der Waals surface area contributed by atoms with E-state index in [-0.39, 0.29) is 12.3 Å². The Kier molecular flexibility index (Phi) is 6.95. The van der Waals surface area contributed by atoms with E-state index in [1.807, 2.05) is 41.1 Å². The fraction of sp³-hybridized carbons (Fsp3) is 0.238. The van der Waals surface area contributed by atoms with Gasteiger partial charge in [-0.2, -0.15) is 0 Å². The molecule has 0 aliphatic carbocycles. The lowest BCUT2D eigenvalue weighted by Crippen LogP contribution is -2.37. The average Bonchev–Trinajstić information content (AvgIpc) is 3.16. The summed E-state index contributed by atoms with van der Waals surface area (Å²) in [5.41, 5.74) is 1.52. The number of halogens is 3. The van der Waals surface area contributed by atoms with Gasteiger partial charge in [0.15, 0.2) is 5.96 Å². The summed E-state index contributed by atoms with van der Waals surface area (Å²) in [5.74, 6) is 1.00. The molecule has 0 fully saturated rings. The number of nitrogens with zero attached hydrogens (tertiary/aromatic N) is 3. The van der Waals surface area contributed by atoms with Crippen LogP contribution in [0, 0.1) is 0 Å². The van der Waals surface area contributed by atoms with Crippen LogP contribution in [-0.4, -0.2) is 28.9 Å². The Balaban J connectivity index is 1.58. The monoisotopic (exact) mass is 417 g/mol. The third kappa shape index (κ3) is 6.26. The highest BCUT2D eigenvalue weighted by molar-refractivity contribution is 5.79. The third-order valence-electron chi connectivity index (χ3n) is 4.28. The summed E-state index contributed by atoms with van der Waals surface area (Å²) in [7, 11) is 1.59. The second-order valence-corrected chi connectivity index (χ2v) is 6.39. The molecule has 30 heavy (non-hydrogen) atoms. The van der Waals surface area contributed by atoms with Crippen LogP contribution in [-0.2, 0) is 19.6 Å². The van der Waals surface area contributed by atoms with Crippen molar-refractivity contribution in [2.75, 3.05) is 7.05 Å². The summed E-state index contributed by atoms with van der Waals surface area (Å²) in [6.45, 7) is 1.20. The Hall–Kier alpha value is -3.49. The number of aliphatic imine (C=N–C) groups is 1. The molecule has 0 bridgehead atoms. The summed E-state index contributed by atoms with van der Waals surface area (Å²) >= 11 is 0. The quantitative estimate of drug-likeness (QED) is 0.455. The number of hydrogen-bond acceptors (Lipinski definition) is 3. The Morgan fingerprint density at radius 2 is 1.73 bits per heavy atom. The first-order valence-electron chi connectivity index (χ1n) is 9.26. The van der Waals surface area contributed by atoms with Crippen molar-refractivity contribution in [3.05, 3.63) is 83.9 Å². The Labute approximate surface area is 172 Å². The fourth-order valence-corrected chi connectivity index (χ4v) is 2.87. The highest BCUT2D eigenvalue weighted by Crippen LogP contribution is 2.26. The summed E-state index contributed by atoms with van der Waals surface area (Å²) in [5, 5.41) is 6.13. The zero-order chi connectivity index (χ0) is 21.4. The number of alkyl halides is 3. The van der Waals surface area contributed by atoms with Gasteiger partial charge in [-0.05, 0) is 11.6 Å². The number of rotatable bonds is 7. The Morgan fingerprint density at radius 3 is 2.47 bits per heavy atom. The van der Waals surface area contributed by atoms with E-state index in [0.717, 1.165) is 11.4 Å². The van der Waals surface area contributed by atoms with Gasteiger partial charge in [0.25, 0.3) is 0 Å². The molecule has 158 valence electrons. The lowest BCUT2D eigenvalue weighted by Gasteiger charge is -2.16. The third-order valence-corrected chi connectivity index (χ3v) is 4.28. The van der Waals surface area contributed by atoms with E-state index in [2.05, 4.69) is 25.3 Å². The smallest absolute Gasteiger partial charge is 0.405 e. The highest BCUT2D eigenvalue weighted by atomic mass is 19.4. The number of hydrogen-bond donors (Lipinski definition) is 2. The van der Waals surface area contributed by atoms with Crippen molar-refractivity contribution in [3.8, 4) is 5.75 Å². The molecule has 6 nitrogen and oxygen atoms in total. The molecule has 2 aromatic carbocycles. The largest absolute Gasteiger partial charge is 0.573 e. The second kappa shape index (κ2) is 9.82. The van der Waals surface area contributed by atoms with Crippen molar-refractivity contribution >= 4 is 5.96 Å². The molecule has 2 N–H and O–H groups in total. The number of benzene rings is 2. The summed E-state index contributed by atoms with van der Waals surface area (Å²) in [6, 6.07) is 16.0. The van der Waals surface area contributed by atoms with Crippen molar-refractivity contribution in [1.82, 2.24) is 20.2 Å². The van der Waals surface area contributed by atoms with E-state index in [1.54, 1.807) is 25.4 Å². The first-order chi connectivity index (χ1) is 14.4. The van der Waals surface area contributed by atoms with E-state index in [4.69, 9.17) is 0 Å². The number of nitrogens with one attached hydrogen (secondary N) is 2. The lowest BCUT2D eigenvalue weighted by molar-refractivity contribution is -0.274. The topological polar surface area (TPSA) is 63.5 Å². The molecular formula is C21H22F3N5O. The summed E-state index contributed by atoms with van der Waals surface area (Å²) in [6.07, 6.45) is -1.13. The van der Waals surface area contributed by atoms with E-state index in [0.29, 0.717) is 24.6 Å². The molecule has 0 spiro atoms. The fourth-order valence-electron chi connectivity index (χ4n) is 2.87. The van der Waals surface area contributed by atoms with Crippen LogP contribution in [0.2, 0.25) is 0 Å². The molecule has 0 amide bonds. The second-order valence-electron chi connectivity index (χ2n) is 6.39. The van der Waals surface area contributed by atoms with Crippen LogP contribution in [0.3, 0.4) is 0 Å². The summed E-state index contributed by atoms with van der Waals surface area (Å²) in [4.78, 5) is 8.48. The molecule has 0 aliphatic rings. The van der Waals surface area contributed by atoms with Crippen LogP contribution in [0.4, 0.5) is 13.2 Å². The van der Waals surface area contributed by atoms with E-state index in [9.17, 15) is 13.2 Å². The number of para-hydroxylation sites is 1. The molecule has 1 aromatic heterocycles. The van der Waals surface area contributed by atoms with Gasteiger partial charge in [-0.1, -0.05) is 48.5 Å². The maximum Gasteiger partial charge on any atom is 0.573 e. The Morgan fingerprint density at radius 1 is 1.03 bits per heavy atom. The van der Waals surface area contributed by atoms with Crippen molar-refractivity contribution in [1.29, 1.82) is 0 Å². The number of ether oxygens (including phenoxy) is 1. The van der Waals surface area contributed by atoms with E-state index < -0.39 is 6.36 Å². The average molecular weight is 417 g/mol. The first-order valence-corrected chi connectivity index (χ1v) is 9.26. The zero-order valence-electron chi connectivity index (χ0n) is 16.4. The standard InChI is InChI=1S/C21H22F3N5O/c1-25-20(27-13-17-9-5-6-10-18(17)30-21(22,23)24)28-14-19-26-11-12-29(19)15-16-7-3-2-4-8-16/h2-12H,13-15H2,1H3,(H2,25,27,28). The van der Waals surface area contributed by atoms with Gasteiger partial charge in [0.05, 0.1) is 6.54 Å². The van der Waals surface area contributed by atoms with Crippen molar-refractivity contribution in [3.63, 3.8) is 0 Å². The van der Waals surface area contributed by atoms with Gasteiger partial charge in [0.2, 0.25) is 0 Å². The van der Waals surface area contributed by atoms with Gasteiger partial charge in [-0.3, -0.25) is 4.99 Å². The minimum absolute atomic E-state index is 0.115. The number of aromatic nitrogens is 2. The first kappa shape index (κ1) is 21.2. The molecule has 3 rings (SSSR count). The zero-order valence-corrected chi connectivity index (χ0v) is 16.4. The van der Waals surface area contributed by atoms with Gasteiger partial charge in [-0.25, -0.2) is 4.98 Å². The minimum atomic E-state index is -4.74. The maximum absolute atomic E-state index is 12.6. The van der Waals surface area contributed by atoms with Crippen molar-refractivity contribution in [2.45, 2.75) is 26.0 Å². The van der Waals surface area contributed by atoms with Crippen LogP contribution in [0.25, 0.3) is 0 Å². The molecule has 1 heterocycles. The highest BCUT2D eigenvalue weighted by Gasteiger charge is 2.31. The van der Waals surface area contributed by atoms with Gasteiger partial charge in [0.1, 0.15) is 11.6 Å². The van der Waals surface area contributed by atoms with Gasteiger partial charge in [-0.15, -0.1) is 13.2 Å². The molecular weight excluding hydrogens is 395 g/mol. The summed E-state index contributed by atoms with van der Waals surface area (Å²) < 4.78 is 43.8. The van der Waals surface area contributed by atoms with Crippen LogP contribution in [0.1, 0.15) is 17.0 Å². The van der Waals surface area contributed by atoms with Crippen LogP contribution < -0.4 is 15.4 Å². The number of guanidine groups is 1. The molecule has 0 aliphatic heterocycles. The molecule has 0 saturated heterocycles. The van der Waals surface area contributed by atoms with E-state index in [1.165, 1.54) is 12.1 Å². The normalized spacial score (nSPS) is 11.9.